The second-order valence-corrected chi connectivity index (χ2v) is 9.38. The Hall–Kier alpha value is -3.12. The Bertz CT molecular complexity index is 1290. The van der Waals surface area contributed by atoms with Crippen LogP contribution in [0.2, 0.25) is 0 Å². The molecule has 0 heterocycles. The standard InChI is InChI=1S/C29H20/c1-27-22-14-6-8-16-24(22)28(25-17-9-7-15-23(25)27)26-18-10-2-4-12-20(18)29(27,28)21-13-5-3-11-19(21)26/h2-17,26H,1H3. The number of benzene rings is 4. The second kappa shape index (κ2) is 4.24. The predicted molar refractivity (Wildman–Crippen MR) is 116 cm³/mol. The van der Waals surface area contributed by atoms with Crippen LogP contribution in [0.15, 0.2) is 97.1 Å². The summed E-state index contributed by atoms with van der Waals surface area (Å²) in [6.07, 6.45) is 0. The molecule has 0 saturated heterocycles. The van der Waals surface area contributed by atoms with Crippen LogP contribution >= 0.6 is 0 Å². The topological polar surface area (TPSA) is 0 Å². The predicted octanol–water partition coefficient (Wildman–Crippen LogP) is 6.05. The molecule has 0 unspecified atom stereocenters. The van der Waals surface area contributed by atoms with Gasteiger partial charge in [-0.1, -0.05) is 104 Å². The Kier molecular flexibility index (Phi) is 2.16. The first-order chi connectivity index (χ1) is 14.3. The normalized spacial score (nSPS) is 33.1. The summed E-state index contributed by atoms with van der Waals surface area (Å²) in [5, 5.41) is 0. The fraction of sp³-hybridized carbons (Fsp3) is 0.172. The maximum Gasteiger partial charge on any atom is 0.0489 e. The number of rotatable bonds is 0. The molecule has 4 aliphatic rings. The molecule has 0 saturated carbocycles. The Labute approximate surface area is 170 Å². The van der Waals surface area contributed by atoms with Gasteiger partial charge in [-0.25, -0.2) is 0 Å². The highest BCUT2D eigenvalue weighted by Gasteiger charge is 2.84. The second-order valence-electron chi connectivity index (χ2n) is 9.38. The zero-order chi connectivity index (χ0) is 19.0. The lowest BCUT2D eigenvalue weighted by Gasteiger charge is -2.43. The van der Waals surface area contributed by atoms with Crippen LogP contribution in [0.5, 0.6) is 0 Å². The van der Waals surface area contributed by atoms with Crippen LogP contribution in [0, 0.1) is 0 Å². The maximum absolute atomic E-state index is 2.53. The molecule has 29 heavy (non-hydrogen) atoms. The van der Waals surface area contributed by atoms with Gasteiger partial charge in [-0.05, 0) is 44.5 Å². The Morgan fingerprint density at radius 3 is 1.34 bits per heavy atom. The lowest BCUT2D eigenvalue weighted by molar-refractivity contribution is 0.323. The lowest BCUT2D eigenvalue weighted by atomic mass is 9.57. The van der Waals surface area contributed by atoms with E-state index < -0.39 is 0 Å². The highest BCUT2D eigenvalue weighted by Crippen LogP contribution is 2.86. The maximum atomic E-state index is 2.53. The largest absolute Gasteiger partial charge is 0.0620 e. The van der Waals surface area contributed by atoms with Gasteiger partial charge in [-0.15, -0.1) is 0 Å². The van der Waals surface area contributed by atoms with Crippen molar-refractivity contribution in [3.63, 3.8) is 0 Å². The first-order valence-corrected chi connectivity index (χ1v) is 10.7. The van der Waals surface area contributed by atoms with Gasteiger partial charge < -0.3 is 0 Å². The third-order valence-electron chi connectivity index (χ3n) is 8.91. The minimum atomic E-state index is -0.0579. The van der Waals surface area contributed by atoms with Gasteiger partial charge in [-0.2, -0.15) is 0 Å². The zero-order valence-corrected chi connectivity index (χ0v) is 16.3. The molecule has 0 nitrogen and oxygen atoms in total. The molecular formula is C29H20. The minimum Gasteiger partial charge on any atom is -0.0620 e. The van der Waals surface area contributed by atoms with Crippen molar-refractivity contribution in [3.8, 4) is 0 Å². The summed E-state index contributed by atoms with van der Waals surface area (Å²) in [6.45, 7) is 2.53. The summed E-state index contributed by atoms with van der Waals surface area (Å²) in [7, 11) is 0. The summed E-state index contributed by atoms with van der Waals surface area (Å²) in [6, 6.07) is 37.3. The van der Waals surface area contributed by atoms with Gasteiger partial charge in [0.25, 0.3) is 0 Å². The smallest absolute Gasteiger partial charge is 0.0489 e. The lowest BCUT2D eigenvalue weighted by Crippen LogP contribution is -2.46. The van der Waals surface area contributed by atoms with Crippen molar-refractivity contribution in [2.45, 2.75) is 29.1 Å². The monoisotopic (exact) mass is 368 g/mol. The molecule has 4 bridgehead atoms. The van der Waals surface area contributed by atoms with E-state index in [0.29, 0.717) is 5.92 Å². The van der Waals surface area contributed by atoms with E-state index in [4.69, 9.17) is 0 Å². The summed E-state index contributed by atoms with van der Waals surface area (Å²) in [5.74, 6) is 0.390. The molecule has 0 heteroatoms. The molecule has 0 aliphatic heterocycles. The third kappa shape index (κ3) is 1.10. The van der Waals surface area contributed by atoms with Crippen LogP contribution in [0.3, 0.4) is 0 Å². The van der Waals surface area contributed by atoms with Gasteiger partial charge in [0, 0.05) is 22.2 Å². The van der Waals surface area contributed by atoms with Crippen LogP contribution < -0.4 is 0 Å². The molecule has 0 fully saturated rings. The van der Waals surface area contributed by atoms with E-state index in [9.17, 15) is 0 Å². The molecule has 0 radical (unpaired) electrons. The number of fused-ring (bicyclic) bond motifs is 8. The zero-order valence-electron chi connectivity index (χ0n) is 16.3. The molecule has 0 spiro atoms. The van der Waals surface area contributed by atoms with Crippen LogP contribution in [0.25, 0.3) is 0 Å². The molecule has 0 aromatic heterocycles. The minimum absolute atomic E-state index is 0.0255. The van der Waals surface area contributed by atoms with Crippen LogP contribution in [-0.4, -0.2) is 0 Å². The first-order valence-electron chi connectivity index (χ1n) is 10.7. The van der Waals surface area contributed by atoms with Crippen molar-refractivity contribution < 1.29 is 0 Å². The fourth-order valence-corrected chi connectivity index (χ4v) is 8.47. The highest BCUT2D eigenvalue weighted by molar-refractivity contribution is 5.87. The van der Waals surface area contributed by atoms with E-state index >= 15 is 0 Å². The molecule has 136 valence electrons. The van der Waals surface area contributed by atoms with E-state index in [1.807, 2.05) is 0 Å². The van der Waals surface area contributed by atoms with E-state index in [2.05, 4.69) is 104 Å². The van der Waals surface area contributed by atoms with Crippen molar-refractivity contribution in [1.82, 2.24) is 0 Å². The van der Waals surface area contributed by atoms with Gasteiger partial charge in [0.05, 0.1) is 0 Å². The van der Waals surface area contributed by atoms with E-state index in [1.165, 1.54) is 11.1 Å². The van der Waals surface area contributed by atoms with Crippen LogP contribution in [-0.2, 0) is 16.2 Å². The van der Waals surface area contributed by atoms with Crippen LogP contribution in [0.4, 0.5) is 0 Å². The number of hydrogen-bond acceptors (Lipinski definition) is 0. The molecule has 4 aromatic carbocycles. The summed E-state index contributed by atoms with van der Waals surface area (Å²) in [5.41, 5.74) is 12.2. The van der Waals surface area contributed by atoms with Crippen molar-refractivity contribution in [2.75, 3.05) is 0 Å². The SMILES string of the molecule is CC12c3ccccc3C3(c4ccccc41)C1c4ccccc4C23c2ccccc21. The van der Waals surface area contributed by atoms with Crippen LogP contribution in [0.1, 0.15) is 57.3 Å². The van der Waals surface area contributed by atoms with Crippen molar-refractivity contribution in [1.29, 1.82) is 0 Å². The number of hydrogen-bond donors (Lipinski definition) is 0. The quantitative estimate of drug-likeness (QED) is 0.354. The summed E-state index contributed by atoms with van der Waals surface area (Å²) >= 11 is 0. The Balaban J connectivity index is 1.70. The van der Waals surface area contributed by atoms with Gasteiger partial charge in [0.15, 0.2) is 0 Å². The third-order valence-corrected chi connectivity index (χ3v) is 8.91. The molecule has 4 aliphatic carbocycles. The fourth-order valence-electron chi connectivity index (χ4n) is 8.47. The molecule has 0 atom stereocenters. The summed E-state index contributed by atoms with van der Waals surface area (Å²) in [4.78, 5) is 0. The van der Waals surface area contributed by atoms with E-state index in [0.717, 1.165) is 0 Å². The van der Waals surface area contributed by atoms with Crippen molar-refractivity contribution in [2.24, 2.45) is 0 Å². The molecule has 0 amide bonds. The van der Waals surface area contributed by atoms with E-state index in [-0.39, 0.29) is 16.2 Å². The first kappa shape index (κ1) is 14.8. The molecule has 8 rings (SSSR count). The molecule has 0 N–H and O–H groups in total. The van der Waals surface area contributed by atoms with Crippen molar-refractivity contribution >= 4 is 0 Å². The van der Waals surface area contributed by atoms with Gasteiger partial charge >= 0.3 is 0 Å². The average molecular weight is 368 g/mol. The van der Waals surface area contributed by atoms with Crippen molar-refractivity contribution in [3.05, 3.63) is 142 Å². The van der Waals surface area contributed by atoms with Gasteiger partial charge in [0.1, 0.15) is 0 Å². The summed E-state index contributed by atoms with van der Waals surface area (Å²) < 4.78 is 0. The Morgan fingerprint density at radius 2 is 0.862 bits per heavy atom. The van der Waals surface area contributed by atoms with Gasteiger partial charge in [-0.3, -0.25) is 0 Å². The average Bonchev–Trinajstić information content (AvgIpc) is 3.36. The molecule has 4 aromatic rings. The Morgan fingerprint density at radius 1 is 0.483 bits per heavy atom. The highest BCUT2D eigenvalue weighted by atomic mass is 14.8. The molecular weight excluding hydrogens is 348 g/mol. The van der Waals surface area contributed by atoms with E-state index in [1.54, 1.807) is 33.4 Å². The van der Waals surface area contributed by atoms with Gasteiger partial charge in [0.2, 0.25) is 0 Å².